The summed E-state index contributed by atoms with van der Waals surface area (Å²) in [6, 6.07) is 4.90. The van der Waals surface area contributed by atoms with E-state index in [-0.39, 0.29) is 12.5 Å². The highest BCUT2D eigenvalue weighted by molar-refractivity contribution is 5.95. The fraction of sp³-hybridized carbons (Fsp3) is 0.500. The van der Waals surface area contributed by atoms with Gasteiger partial charge in [-0.3, -0.25) is 4.79 Å². The van der Waals surface area contributed by atoms with Crippen LogP contribution in [0.3, 0.4) is 0 Å². The lowest BCUT2D eigenvalue weighted by Gasteiger charge is -2.11. The third-order valence-corrected chi connectivity index (χ3v) is 2.62. The fourth-order valence-corrected chi connectivity index (χ4v) is 1.73. The summed E-state index contributed by atoms with van der Waals surface area (Å²) >= 11 is 0. The first-order valence-electron chi connectivity index (χ1n) is 6.55. The minimum atomic E-state index is -0.583. The van der Waals surface area contributed by atoms with Crippen LogP contribution in [0.2, 0.25) is 0 Å². The van der Waals surface area contributed by atoms with Crippen LogP contribution in [0.1, 0.15) is 23.7 Å². The summed E-state index contributed by atoms with van der Waals surface area (Å²) in [5.41, 5.74) is 6.64. The first-order valence-corrected chi connectivity index (χ1v) is 6.55. The largest absolute Gasteiger partial charge is 0.494 e. The number of carbonyl (C=O) groups excluding carboxylic acids is 1. The molecule has 0 aliphatic rings. The van der Waals surface area contributed by atoms with E-state index in [0.717, 1.165) is 0 Å². The number of hydrogen-bond donors (Lipinski definition) is 3. The van der Waals surface area contributed by atoms with Crippen LogP contribution in [-0.4, -0.2) is 44.0 Å². The Morgan fingerprint density at radius 1 is 1.45 bits per heavy atom. The van der Waals surface area contributed by atoms with Gasteiger partial charge in [0.1, 0.15) is 5.75 Å². The Hall–Kier alpha value is -1.79. The number of nitrogens with two attached hydrogens (primary N) is 1. The molecule has 1 amide bonds. The molecule has 6 heteroatoms. The summed E-state index contributed by atoms with van der Waals surface area (Å²) in [4.78, 5) is 12.0. The monoisotopic (exact) mass is 282 g/mol. The minimum Gasteiger partial charge on any atom is -0.494 e. The highest BCUT2D eigenvalue weighted by atomic mass is 16.5. The van der Waals surface area contributed by atoms with E-state index in [2.05, 4.69) is 5.32 Å². The van der Waals surface area contributed by atoms with Gasteiger partial charge >= 0.3 is 0 Å². The van der Waals surface area contributed by atoms with Crippen molar-refractivity contribution in [3.63, 3.8) is 0 Å². The zero-order chi connectivity index (χ0) is 15.0. The highest BCUT2D eigenvalue weighted by Crippen LogP contribution is 2.18. The van der Waals surface area contributed by atoms with Crippen molar-refractivity contribution in [1.82, 2.24) is 5.32 Å². The van der Waals surface area contributed by atoms with Crippen molar-refractivity contribution in [3.8, 4) is 5.75 Å². The summed E-state index contributed by atoms with van der Waals surface area (Å²) in [6.07, 6.45) is -0.152. The predicted molar refractivity (Wildman–Crippen MR) is 76.9 cm³/mol. The number of benzene rings is 1. The molecule has 0 radical (unpaired) electrons. The van der Waals surface area contributed by atoms with Crippen molar-refractivity contribution in [2.75, 3.05) is 32.6 Å². The number of amides is 1. The molecule has 20 heavy (non-hydrogen) atoms. The predicted octanol–water partition coefficient (Wildman–Crippen LogP) is 0.795. The molecule has 4 N–H and O–H groups in total. The van der Waals surface area contributed by atoms with Crippen LogP contribution in [0.5, 0.6) is 5.75 Å². The van der Waals surface area contributed by atoms with Gasteiger partial charge in [0.05, 0.1) is 19.3 Å². The normalized spacial score (nSPS) is 11.9. The molecule has 1 rings (SSSR count). The molecular weight excluding hydrogens is 260 g/mol. The van der Waals surface area contributed by atoms with Crippen LogP contribution in [0, 0.1) is 0 Å². The number of ether oxygens (including phenoxy) is 2. The second-order valence-corrected chi connectivity index (χ2v) is 4.38. The summed E-state index contributed by atoms with van der Waals surface area (Å²) in [5, 5.41) is 12.2. The minimum absolute atomic E-state index is 0.247. The molecule has 1 aromatic rings. The van der Waals surface area contributed by atoms with Crippen LogP contribution >= 0.6 is 0 Å². The third-order valence-electron chi connectivity index (χ3n) is 2.62. The maximum Gasteiger partial charge on any atom is 0.251 e. The van der Waals surface area contributed by atoms with E-state index in [0.29, 0.717) is 36.6 Å². The van der Waals surface area contributed by atoms with E-state index in [4.69, 9.17) is 15.2 Å². The quantitative estimate of drug-likeness (QED) is 0.613. The average Bonchev–Trinajstić information content (AvgIpc) is 2.38. The zero-order valence-electron chi connectivity index (χ0n) is 11.9. The van der Waals surface area contributed by atoms with E-state index < -0.39 is 6.10 Å². The Morgan fingerprint density at radius 2 is 2.20 bits per heavy atom. The smallest absolute Gasteiger partial charge is 0.251 e. The SMILES string of the molecule is CCOc1cc(N)cc(C(=O)NCCC(O)COC)c1. The van der Waals surface area contributed by atoms with E-state index in [1.807, 2.05) is 6.92 Å². The zero-order valence-corrected chi connectivity index (χ0v) is 11.9. The Bertz CT molecular complexity index is 437. The standard InChI is InChI=1S/C14H22N2O4/c1-3-20-13-7-10(6-11(15)8-13)14(18)16-5-4-12(17)9-19-2/h6-8,12,17H,3-5,9,15H2,1-2H3,(H,16,18). The van der Waals surface area contributed by atoms with Crippen LogP contribution in [0.25, 0.3) is 0 Å². The van der Waals surface area contributed by atoms with Crippen molar-refractivity contribution in [2.45, 2.75) is 19.4 Å². The fourth-order valence-electron chi connectivity index (χ4n) is 1.73. The molecule has 0 aliphatic carbocycles. The van der Waals surface area contributed by atoms with Crippen molar-refractivity contribution in [2.24, 2.45) is 0 Å². The van der Waals surface area contributed by atoms with E-state index >= 15 is 0 Å². The lowest BCUT2D eigenvalue weighted by molar-refractivity contribution is 0.0587. The molecule has 0 fully saturated rings. The Balaban J connectivity index is 2.54. The second-order valence-electron chi connectivity index (χ2n) is 4.38. The number of aliphatic hydroxyl groups is 1. The maximum absolute atomic E-state index is 12.0. The van der Waals surface area contributed by atoms with E-state index in [1.54, 1.807) is 18.2 Å². The summed E-state index contributed by atoms with van der Waals surface area (Å²) in [6.45, 7) is 2.98. The number of carbonyl (C=O) groups is 1. The van der Waals surface area contributed by atoms with Gasteiger partial charge in [-0.25, -0.2) is 0 Å². The van der Waals surface area contributed by atoms with Crippen LogP contribution in [-0.2, 0) is 4.74 Å². The van der Waals surface area contributed by atoms with Crippen molar-refractivity contribution in [3.05, 3.63) is 23.8 Å². The molecule has 6 nitrogen and oxygen atoms in total. The number of nitrogen functional groups attached to an aromatic ring is 1. The first kappa shape index (κ1) is 16.3. The molecular formula is C14H22N2O4. The lowest BCUT2D eigenvalue weighted by Crippen LogP contribution is -2.28. The van der Waals surface area contributed by atoms with Gasteiger partial charge in [0.15, 0.2) is 0 Å². The van der Waals surface area contributed by atoms with Crippen molar-refractivity contribution >= 4 is 11.6 Å². The van der Waals surface area contributed by atoms with Gasteiger partial charge in [-0.2, -0.15) is 0 Å². The number of hydrogen-bond acceptors (Lipinski definition) is 5. The molecule has 0 saturated carbocycles. The number of rotatable bonds is 8. The first-order chi connectivity index (χ1) is 9.56. The Morgan fingerprint density at radius 3 is 2.85 bits per heavy atom. The van der Waals surface area contributed by atoms with E-state index in [9.17, 15) is 9.90 Å². The maximum atomic E-state index is 12.0. The number of nitrogens with one attached hydrogen (secondary N) is 1. The molecule has 0 spiro atoms. The van der Waals surface area contributed by atoms with E-state index in [1.165, 1.54) is 7.11 Å². The average molecular weight is 282 g/mol. The molecule has 112 valence electrons. The van der Waals surface area contributed by atoms with Crippen molar-refractivity contribution in [1.29, 1.82) is 0 Å². The van der Waals surface area contributed by atoms with Crippen molar-refractivity contribution < 1.29 is 19.4 Å². The molecule has 1 atom stereocenters. The molecule has 0 aromatic heterocycles. The highest BCUT2D eigenvalue weighted by Gasteiger charge is 2.09. The molecule has 1 unspecified atom stereocenters. The van der Waals surface area contributed by atoms with Gasteiger partial charge < -0.3 is 25.6 Å². The number of anilines is 1. The van der Waals surface area contributed by atoms with Crippen LogP contribution < -0.4 is 15.8 Å². The van der Waals surface area contributed by atoms with Crippen LogP contribution in [0.15, 0.2) is 18.2 Å². The topological polar surface area (TPSA) is 93.8 Å². The van der Waals surface area contributed by atoms with Gasteiger partial charge in [-0.15, -0.1) is 0 Å². The van der Waals surface area contributed by atoms with Gasteiger partial charge in [0.25, 0.3) is 5.91 Å². The Labute approximate surface area is 118 Å². The second kappa shape index (κ2) is 8.39. The van der Waals surface area contributed by atoms with Gasteiger partial charge in [-0.05, 0) is 25.5 Å². The lowest BCUT2D eigenvalue weighted by atomic mass is 10.1. The summed E-state index contributed by atoms with van der Waals surface area (Å²) in [5.74, 6) is 0.319. The number of aliphatic hydroxyl groups excluding tert-OH is 1. The van der Waals surface area contributed by atoms with Gasteiger partial charge in [-0.1, -0.05) is 0 Å². The molecule has 0 aliphatic heterocycles. The summed E-state index contributed by atoms with van der Waals surface area (Å²) in [7, 11) is 1.52. The van der Waals surface area contributed by atoms with Gasteiger partial charge in [0.2, 0.25) is 0 Å². The summed E-state index contributed by atoms with van der Waals surface area (Å²) < 4.78 is 10.1. The Kier molecular flexibility index (Phi) is 6.83. The van der Waals surface area contributed by atoms with Crippen LogP contribution in [0.4, 0.5) is 5.69 Å². The molecule has 0 bridgehead atoms. The molecule has 0 saturated heterocycles. The molecule has 1 aromatic carbocycles. The third kappa shape index (κ3) is 5.46. The number of methoxy groups -OCH3 is 1. The molecule has 0 heterocycles. The van der Waals surface area contributed by atoms with Gasteiger partial charge in [0, 0.05) is 31.0 Å².